The van der Waals surface area contributed by atoms with E-state index in [2.05, 4.69) is 35.5 Å². The van der Waals surface area contributed by atoms with Crippen LogP contribution in [0.4, 0.5) is 9.18 Å². The number of aliphatic hydroxyl groups excluding tert-OH is 1. The largest absolute Gasteiger partial charge is 0.395 e. The lowest BCUT2D eigenvalue weighted by atomic mass is 9.68. The normalized spacial score (nSPS) is 22.9. The van der Waals surface area contributed by atoms with Gasteiger partial charge in [0.15, 0.2) is 0 Å². The van der Waals surface area contributed by atoms with E-state index >= 15 is 0 Å². The summed E-state index contributed by atoms with van der Waals surface area (Å²) < 4.78 is 15.5. The van der Waals surface area contributed by atoms with Gasteiger partial charge in [-0.05, 0) is 91.3 Å². The molecule has 3 aliphatic rings. The predicted molar refractivity (Wildman–Crippen MR) is 159 cm³/mol. The third kappa shape index (κ3) is 5.56. The Kier molecular flexibility index (Phi) is 7.98. The van der Waals surface area contributed by atoms with Crippen LogP contribution >= 0.6 is 0 Å². The van der Waals surface area contributed by atoms with Crippen molar-refractivity contribution in [2.75, 3.05) is 13.2 Å². The van der Waals surface area contributed by atoms with Gasteiger partial charge in [0.1, 0.15) is 5.82 Å². The number of carbonyl (C=O) groups excluding carboxylic acids is 1. The summed E-state index contributed by atoms with van der Waals surface area (Å²) in [4.78, 5) is 15.6. The Labute approximate surface area is 242 Å². The van der Waals surface area contributed by atoms with Gasteiger partial charge >= 0.3 is 6.03 Å². The van der Waals surface area contributed by atoms with E-state index in [1.165, 1.54) is 29.7 Å². The highest BCUT2D eigenvalue weighted by Gasteiger charge is 2.46. The third-order valence-electron chi connectivity index (χ3n) is 9.86. The Balaban J connectivity index is 1.24. The van der Waals surface area contributed by atoms with E-state index in [0.29, 0.717) is 12.5 Å². The molecular formula is C34H41FN4O2. The van der Waals surface area contributed by atoms with Crippen LogP contribution < -0.4 is 5.32 Å². The van der Waals surface area contributed by atoms with Gasteiger partial charge in [-0.2, -0.15) is 5.10 Å². The van der Waals surface area contributed by atoms with Crippen LogP contribution in [0.2, 0.25) is 0 Å². The van der Waals surface area contributed by atoms with E-state index < -0.39 is 0 Å². The molecule has 1 heterocycles. The number of carbonyl (C=O) groups is 1. The number of benzene rings is 2. The first-order valence-corrected chi connectivity index (χ1v) is 15.2. The smallest absolute Gasteiger partial charge is 0.318 e. The van der Waals surface area contributed by atoms with Crippen molar-refractivity contribution in [2.24, 2.45) is 11.3 Å². The molecule has 0 radical (unpaired) electrons. The van der Waals surface area contributed by atoms with Crippen LogP contribution in [0.25, 0.3) is 11.8 Å². The Bertz CT molecular complexity index is 1380. The molecule has 0 saturated heterocycles. The molecule has 1 aromatic heterocycles. The number of halogens is 1. The molecule has 2 N–H and O–H groups in total. The SMILES string of the molecule is CC12Cc3cnn(-c4ccc(F)cc4)c3C=C1CC[C@@H]2CC(NC(=O)N(CCO)C1CCCCC1)c1ccccc1. The maximum Gasteiger partial charge on any atom is 0.318 e. The van der Waals surface area contributed by atoms with Gasteiger partial charge in [0.25, 0.3) is 0 Å². The number of aromatic nitrogens is 2. The molecular weight excluding hydrogens is 515 g/mol. The molecule has 2 fully saturated rings. The summed E-state index contributed by atoms with van der Waals surface area (Å²) in [5.41, 5.74) is 5.69. The fraction of sp³-hybridized carbons (Fsp3) is 0.471. The van der Waals surface area contributed by atoms with E-state index in [1.54, 1.807) is 12.1 Å². The summed E-state index contributed by atoms with van der Waals surface area (Å²) in [6, 6.07) is 16.8. The van der Waals surface area contributed by atoms with Crippen LogP contribution in [0.5, 0.6) is 0 Å². The van der Waals surface area contributed by atoms with Gasteiger partial charge in [0, 0.05) is 12.6 Å². The molecule has 0 aliphatic heterocycles. The van der Waals surface area contributed by atoms with Crippen LogP contribution in [0.3, 0.4) is 0 Å². The summed E-state index contributed by atoms with van der Waals surface area (Å²) in [6.45, 7) is 2.72. The second-order valence-corrected chi connectivity index (χ2v) is 12.3. The predicted octanol–water partition coefficient (Wildman–Crippen LogP) is 6.84. The van der Waals surface area contributed by atoms with Crippen LogP contribution in [0, 0.1) is 17.2 Å². The van der Waals surface area contributed by atoms with E-state index in [9.17, 15) is 14.3 Å². The number of nitrogens with one attached hydrogen (secondary N) is 1. The van der Waals surface area contributed by atoms with Crippen molar-refractivity contribution >= 4 is 12.1 Å². The third-order valence-corrected chi connectivity index (χ3v) is 9.86. The van der Waals surface area contributed by atoms with Crippen molar-refractivity contribution in [2.45, 2.75) is 76.8 Å². The van der Waals surface area contributed by atoms with E-state index in [-0.39, 0.29) is 36.0 Å². The number of urea groups is 1. The molecule has 2 unspecified atom stereocenters. The van der Waals surface area contributed by atoms with Crippen molar-refractivity contribution in [1.29, 1.82) is 0 Å². The van der Waals surface area contributed by atoms with Gasteiger partial charge < -0.3 is 15.3 Å². The number of amides is 2. The first kappa shape index (κ1) is 27.7. The summed E-state index contributed by atoms with van der Waals surface area (Å²) in [5, 5.41) is 17.9. The molecule has 216 valence electrons. The molecule has 6 rings (SSSR count). The molecule has 3 aromatic rings. The summed E-state index contributed by atoms with van der Waals surface area (Å²) in [6.07, 6.45) is 13.6. The zero-order valence-corrected chi connectivity index (χ0v) is 23.9. The molecule has 2 amide bonds. The summed E-state index contributed by atoms with van der Waals surface area (Å²) in [5.74, 6) is 0.139. The molecule has 3 atom stereocenters. The zero-order valence-electron chi connectivity index (χ0n) is 23.9. The topological polar surface area (TPSA) is 70.4 Å². The standard InChI is InChI=1S/C34H41FN4O2/c1-34-22-25-23-36-39(30-16-14-28(35)15-17-30)32(25)21-27(34)13-12-26(34)20-31(24-8-4-2-5-9-24)37-33(41)38(18-19-40)29-10-6-3-7-11-29/h2,4-5,8-9,14-17,21,23,26,29,31,40H,3,6-7,10-13,18-20,22H2,1H3,(H,37,41)/t26-,31?,34?/m1/s1. The maximum atomic E-state index is 13.7. The minimum atomic E-state index is -0.252. The lowest BCUT2D eigenvalue weighted by Gasteiger charge is -2.39. The highest BCUT2D eigenvalue weighted by Crippen LogP contribution is 2.55. The highest BCUT2D eigenvalue weighted by molar-refractivity contribution is 5.75. The van der Waals surface area contributed by atoms with Crippen LogP contribution in [0.15, 0.2) is 66.4 Å². The number of rotatable bonds is 8. The number of nitrogens with zero attached hydrogens (tertiary/aromatic N) is 3. The van der Waals surface area contributed by atoms with E-state index in [0.717, 1.165) is 68.3 Å². The second-order valence-electron chi connectivity index (χ2n) is 12.3. The highest BCUT2D eigenvalue weighted by atomic mass is 19.1. The van der Waals surface area contributed by atoms with Gasteiger partial charge in [-0.3, -0.25) is 0 Å². The molecule has 0 bridgehead atoms. The molecule has 3 aliphatic carbocycles. The maximum absolute atomic E-state index is 13.7. The van der Waals surface area contributed by atoms with Crippen LogP contribution in [-0.2, 0) is 6.42 Å². The first-order chi connectivity index (χ1) is 20.0. The van der Waals surface area contributed by atoms with Crippen molar-refractivity contribution in [3.8, 4) is 5.69 Å². The lowest BCUT2D eigenvalue weighted by molar-refractivity contribution is 0.129. The monoisotopic (exact) mass is 556 g/mol. The average Bonchev–Trinajstić information content (AvgIpc) is 3.54. The minimum absolute atomic E-state index is 0.0183. The second kappa shape index (κ2) is 11.8. The van der Waals surface area contributed by atoms with Gasteiger partial charge in [-0.15, -0.1) is 0 Å². The Hall–Kier alpha value is -3.45. The molecule has 0 spiro atoms. The Morgan fingerprint density at radius 2 is 1.88 bits per heavy atom. The van der Waals surface area contributed by atoms with Gasteiger partial charge in [-0.25, -0.2) is 13.9 Å². The van der Waals surface area contributed by atoms with Crippen LogP contribution in [0.1, 0.15) is 81.2 Å². The summed E-state index contributed by atoms with van der Waals surface area (Å²) in [7, 11) is 0. The molecule has 7 heteroatoms. The minimum Gasteiger partial charge on any atom is -0.395 e. The van der Waals surface area contributed by atoms with Crippen molar-refractivity contribution in [3.63, 3.8) is 0 Å². The fourth-order valence-corrected chi connectivity index (χ4v) is 7.53. The number of allylic oxidation sites excluding steroid dienone is 1. The Morgan fingerprint density at radius 1 is 1.12 bits per heavy atom. The molecule has 2 saturated carbocycles. The van der Waals surface area contributed by atoms with Crippen molar-refractivity contribution in [3.05, 3.63) is 89.0 Å². The van der Waals surface area contributed by atoms with E-state index in [4.69, 9.17) is 0 Å². The quantitative estimate of drug-likeness (QED) is 0.319. The first-order valence-electron chi connectivity index (χ1n) is 15.2. The van der Waals surface area contributed by atoms with E-state index in [1.807, 2.05) is 34.0 Å². The zero-order chi connectivity index (χ0) is 28.4. The average molecular weight is 557 g/mol. The van der Waals surface area contributed by atoms with Crippen molar-refractivity contribution < 1.29 is 14.3 Å². The number of fused-ring (bicyclic) bond motifs is 2. The van der Waals surface area contributed by atoms with Crippen molar-refractivity contribution in [1.82, 2.24) is 20.0 Å². The molecule has 41 heavy (non-hydrogen) atoms. The van der Waals surface area contributed by atoms with Gasteiger partial charge in [-0.1, -0.05) is 62.1 Å². The molecule has 6 nitrogen and oxygen atoms in total. The number of hydrogen-bond donors (Lipinski definition) is 2. The van der Waals surface area contributed by atoms with Crippen LogP contribution in [-0.4, -0.2) is 45.0 Å². The summed E-state index contributed by atoms with van der Waals surface area (Å²) >= 11 is 0. The van der Waals surface area contributed by atoms with Gasteiger partial charge in [0.2, 0.25) is 0 Å². The molecule has 2 aromatic carbocycles. The number of aliphatic hydroxyl groups is 1. The number of hydrogen-bond acceptors (Lipinski definition) is 3. The fourth-order valence-electron chi connectivity index (χ4n) is 7.53. The van der Waals surface area contributed by atoms with Gasteiger partial charge in [0.05, 0.1) is 30.2 Å². The lowest BCUT2D eigenvalue weighted by Crippen LogP contribution is -2.49. The Morgan fingerprint density at radius 3 is 2.61 bits per heavy atom.